The average Bonchev–Trinajstić information content (AvgIpc) is 2.21. The predicted octanol–water partition coefficient (Wildman–Crippen LogP) is 2.45. The second kappa shape index (κ2) is 4.87. The molecule has 0 saturated carbocycles. The van der Waals surface area contributed by atoms with Crippen LogP contribution in [0.2, 0.25) is 0 Å². The van der Waals surface area contributed by atoms with Crippen molar-refractivity contribution in [3.8, 4) is 0 Å². The third-order valence-corrected chi connectivity index (χ3v) is 2.21. The average molecular weight is 209 g/mol. The summed E-state index contributed by atoms with van der Waals surface area (Å²) >= 11 is 0. The lowest BCUT2D eigenvalue weighted by Crippen LogP contribution is -2.14. The highest BCUT2D eigenvalue weighted by Crippen LogP contribution is 2.18. The summed E-state index contributed by atoms with van der Waals surface area (Å²) in [7, 11) is 1.93. The first-order chi connectivity index (χ1) is 7.04. The molecule has 0 aliphatic carbocycles. The van der Waals surface area contributed by atoms with Crippen molar-refractivity contribution >= 4 is 12.0 Å². The summed E-state index contributed by atoms with van der Waals surface area (Å²) in [4.78, 5) is 9.97. The molecule has 0 unspecified atom stereocenters. The number of hydrogen-bond acceptors (Lipinski definition) is 2. The lowest BCUT2D eigenvalue weighted by molar-refractivity contribution is 0.551. The van der Waals surface area contributed by atoms with E-state index in [1.165, 1.54) is 0 Å². The Morgan fingerprint density at radius 1 is 1.53 bits per heavy atom. The molecule has 0 aromatic carbocycles. The number of aliphatic imine (C=N–C) groups is 1. The minimum atomic E-state index is -0.421. The van der Waals surface area contributed by atoms with Crippen LogP contribution in [-0.2, 0) is 0 Å². The molecule has 0 radical (unpaired) electrons. The zero-order valence-electron chi connectivity index (χ0n) is 9.58. The van der Waals surface area contributed by atoms with E-state index in [1.54, 1.807) is 26.3 Å². The first-order valence-corrected chi connectivity index (χ1v) is 4.92. The van der Waals surface area contributed by atoms with E-state index in [0.29, 0.717) is 16.9 Å². The first kappa shape index (κ1) is 11.6. The van der Waals surface area contributed by atoms with Gasteiger partial charge in [0, 0.05) is 19.2 Å². The van der Waals surface area contributed by atoms with Crippen LogP contribution in [-0.4, -0.2) is 29.8 Å². The van der Waals surface area contributed by atoms with Gasteiger partial charge in [-0.25, -0.2) is 9.98 Å². The first-order valence-electron chi connectivity index (χ1n) is 4.92. The summed E-state index contributed by atoms with van der Waals surface area (Å²) in [5.41, 5.74) is 1.85. The molecule has 0 fully saturated rings. The number of aromatic nitrogens is 1. The van der Waals surface area contributed by atoms with Crippen molar-refractivity contribution in [3.63, 3.8) is 0 Å². The van der Waals surface area contributed by atoms with E-state index in [0.717, 1.165) is 6.54 Å². The van der Waals surface area contributed by atoms with Crippen molar-refractivity contribution in [1.29, 1.82) is 0 Å². The third kappa shape index (κ3) is 3.01. The highest BCUT2D eigenvalue weighted by molar-refractivity contribution is 5.62. The summed E-state index contributed by atoms with van der Waals surface area (Å²) in [6.45, 7) is 6.36. The Balaban J connectivity index is 2.95. The van der Waals surface area contributed by atoms with Gasteiger partial charge in [0.25, 0.3) is 0 Å². The van der Waals surface area contributed by atoms with Crippen molar-refractivity contribution in [2.75, 3.05) is 13.6 Å². The highest BCUT2D eigenvalue weighted by atomic mass is 19.1. The molecule has 0 aliphatic rings. The molecule has 0 spiro atoms. The SMILES string of the molecule is CCN(C)/C=N/c1cc(C)c(F)nc1C. The Morgan fingerprint density at radius 2 is 2.20 bits per heavy atom. The van der Waals surface area contributed by atoms with Crippen LogP contribution in [0, 0.1) is 19.8 Å². The Morgan fingerprint density at radius 3 is 2.80 bits per heavy atom. The maximum Gasteiger partial charge on any atom is 0.216 e. The van der Waals surface area contributed by atoms with Crippen LogP contribution in [0.4, 0.5) is 10.1 Å². The minimum Gasteiger partial charge on any atom is -0.366 e. The molecule has 0 saturated heterocycles. The molecule has 0 N–H and O–H groups in total. The van der Waals surface area contributed by atoms with E-state index in [-0.39, 0.29) is 0 Å². The molecule has 1 rings (SSSR count). The van der Waals surface area contributed by atoms with Crippen molar-refractivity contribution in [2.45, 2.75) is 20.8 Å². The maximum absolute atomic E-state index is 13.1. The number of aryl methyl sites for hydroxylation is 2. The van der Waals surface area contributed by atoms with Crippen LogP contribution in [0.25, 0.3) is 0 Å². The number of halogens is 1. The van der Waals surface area contributed by atoms with Crippen LogP contribution in [0.1, 0.15) is 18.2 Å². The minimum absolute atomic E-state index is 0.421. The number of nitrogens with zero attached hydrogens (tertiary/aromatic N) is 3. The topological polar surface area (TPSA) is 28.5 Å². The molecular formula is C11H16FN3. The van der Waals surface area contributed by atoms with Gasteiger partial charge < -0.3 is 4.90 Å². The fourth-order valence-electron chi connectivity index (χ4n) is 1.03. The molecule has 0 bridgehead atoms. The lowest BCUT2D eigenvalue weighted by atomic mass is 10.2. The quantitative estimate of drug-likeness (QED) is 0.434. The fourth-order valence-corrected chi connectivity index (χ4v) is 1.03. The second-order valence-electron chi connectivity index (χ2n) is 3.52. The molecule has 0 aliphatic heterocycles. The zero-order valence-corrected chi connectivity index (χ0v) is 9.58. The molecule has 15 heavy (non-hydrogen) atoms. The number of rotatable bonds is 3. The van der Waals surface area contributed by atoms with E-state index < -0.39 is 5.95 Å². The standard InChI is InChI=1S/C11H16FN3/c1-5-15(4)7-13-10-6-8(2)11(12)14-9(10)3/h6-7H,5H2,1-4H3/b13-7+. The summed E-state index contributed by atoms with van der Waals surface area (Å²) in [6, 6.07) is 1.71. The van der Waals surface area contributed by atoms with Crippen LogP contribution < -0.4 is 0 Å². The number of pyridine rings is 1. The summed E-state index contributed by atoms with van der Waals surface area (Å²) < 4.78 is 13.1. The van der Waals surface area contributed by atoms with Gasteiger partial charge in [-0.1, -0.05) is 0 Å². The Kier molecular flexibility index (Phi) is 3.77. The molecule has 82 valence electrons. The van der Waals surface area contributed by atoms with Gasteiger partial charge in [-0.05, 0) is 26.8 Å². The molecule has 1 aromatic rings. The van der Waals surface area contributed by atoms with E-state index in [9.17, 15) is 4.39 Å². The summed E-state index contributed by atoms with van der Waals surface area (Å²) in [5.74, 6) is -0.421. The van der Waals surface area contributed by atoms with E-state index in [2.05, 4.69) is 9.98 Å². The van der Waals surface area contributed by atoms with Gasteiger partial charge in [0.05, 0.1) is 17.7 Å². The molecule has 4 heteroatoms. The van der Waals surface area contributed by atoms with E-state index >= 15 is 0 Å². The normalized spacial score (nSPS) is 11.0. The molecule has 0 atom stereocenters. The van der Waals surface area contributed by atoms with Crippen molar-refractivity contribution in [2.24, 2.45) is 4.99 Å². The van der Waals surface area contributed by atoms with Crippen molar-refractivity contribution < 1.29 is 4.39 Å². The van der Waals surface area contributed by atoms with E-state index in [1.807, 2.05) is 18.9 Å². The van der Waals surface area contributed by atoms with Gasteiger partial charge in [-0.2, -0.15) is 4.39 Å². The van der Waals surface area contributed by atoms with Crippen molar-refractivity contribution in [1.82, 2.24) is 9.88 Å². The smallest absolute Gasteiger partial charge is 0.216 e. The van der Waals surface area contributed by atoms with Crippen molar-refractivity contribution in [3.05, 3.63) is 23.3 Å². The van der Waals surface area contributed by atoms with Gasteiger partial charge in [0.1, 0.15) is 0 Å². The largest absolute Gasteiger partial charge is 0.366 e. The Bertz CT molecular complexity index is 374. The predicted molar refractivity (Wildman–Crippen MR) is 60.1 cm³/mol. The Hall–Kier alpha value is -1.45. The fraction of sp³-hybridized carbons (Fsp3) is 0.455. The second-order valence-corrected chi connectivity index (χ2v) is 3.52. The van der Waals surface area contributed by atoms with Crippen LogP contribution >= 0.6 is 0 Å². The van der Waals surface area contributed by atoms with Crippen LogP contribution in [0.15, 0.2) is 11.1 Å². The maximum atomic E-state index is 13.1. The molecular weight excluding hydrogens is 193 g/mol. The van der Waals surface area contributed by atoms with Crippen LogP contribution in [0.5, 0.6) is 0 Å². The van der Waals surface area contributed by atoms with Gasteiger partial charge in [-0.15, -0.1) is 0 Å². The molecule has 1 heterocycles. The van der Waals surface area contributed by atoms with Gasteiger partial charge in [-0.3, -0.25) is 0 Å². The molecule has 0 amide bonds. The van der Waals surface area contributed by atoms with Crippen LogP contribution in [0.3, 0.4) is 0 Å². The monoisotopic (exact) mass is 209 g/mol. The van der Waals surface area contributed by atoms with Gasteiger partial charge >= 0.3 is 0 Å². The highest BCUT2D eigenvalue weighted by Gasteiger charge is 2.03. The Labute approximate surface area is 89.7 Å². The summed E-state index contributed by atoms with van der Waals surface area (Å²) in [5, 5.41) is 0. The zero-order chi connectivity index (χ0) is 11.4. The summed E-state index contributed by atoms with van der Waals surface area (Å²) in [6.07, 6.45) is 1.72. The third-order valence-electron chi connectivity index (χ3n) is 2.21. The van der Waals surface area contributed by atoms with Gasteiger partial charge in [0.2, 0.25) is 5.95 Å². The molecule has 1 aromatic heterocycles. The number of hydrogen-bond donors (Lipinski definition) is 0. The van der Waals surface area contributed by atoms with E-state index in [4.69, 9.17) is 0 Å². The molecule has 3 nitrogen and oxygen atoms in total. The van der Waals surface area contributed by atoms with Gasteiger partial charge in [0.15, 0.2) is 0 Å². The lowest BCUT2D eigenvalue weighted by Gasteiger charge is -2.09.